The Morgan fingerprint density at radius 1 is 1.11 bits per heavy atom. The number of carbonyl (C=O) groups is 1. The number of benzene rings is 2. The Hall–Kier alpha value is -3.11. The summed E-state index contributed by atoms with van der Waals surface area (Å²) in [6.07, 6.45) is 0.362. The van der Waals surface area contributed by atoms with Crippen molar-refractivity contribution in [3.8, 4) is 6.07 Å². The average molecular weight is 377 g/mol. The molecule has 0 aliphatic heterocycles. The molecule has 6 nitrogen and oxygen atoms in total. The number of hydrogen-bond acceptors (Lipinski definition) is 5. The van der Waals surface area contributed by atoms with Crippen LogP contribution in [0.15, 0.2) is 59.8 Å². The van der Waals surface area contributed by atoms with E-state index < -0.39 is 0 Å². The fourth-order valence-corrected chi connectivity index (χ4v) is 3.32. The molecule has 1 N–H and O–H groups in total. The first-order chi connectivity index (χ1) is 13.2. The summed E-state index contributed by atoms with van der Waals surface area (Å²) in [4.78, 5) is 12.2. The van der Waals surface area contributed by atoms with E-state index >= 15 is 0 Å². The minimum atomic E-state index is -0.111. The number of amides is 1. The lowest BCUT2D eigenvalue weighted by Gasteiger charge is -2.09. The minimum absolute atomic E-state index is 0.111. The molecule has 3 rings (SSSR count). The fourth-order valence-electron chi connectivity index (χ4n) is 2.54. The molecular weight excluding hydrogens is 358 g/mol. The molecule has 0 saturated carbocycles. The first-order valence-corrected chi connectivity index (χ1v) is 9.46. The highest BCUT2D eigenvalue weighted by Gasteiger charge is 2.12. The lowest BCUT2D eigenvalue weighted by molar-refractivity contribution is -0.113. The summed E-state index contributed by atoms with van der Waals surface area (Å²) in [5, 5.41) is 20.6. The van der Waals surface area contributed by atoms with E-state index in [-0.39, 0.29) is 11.7 Å². The van der Waals surface area contributed by atoms with Gasteiger partial charge in [0.1, 0.15) is 5.82 Å². The number of nitrogens with zero attached hydrogens (tertiary/aromatic N) is 4. The SMILES string of the molecule is Cc1nnc(SCC(=O)Nc2ccc(CC#N)cc2)n1Cc1ccccc1. The Morgan fingerprint density at radius 2 is 1.85 bits per heavy atom. The third-order valence-electron chi connectivity index (χ3n) is 3.94. The highest BCUT2D eigenvalue weighted by Crippen LogP contribution is 2.19. The second kappa shape index (κ2) is 9.01. The van der Waals surface area contributed by atoms with Crippen molar-refractivity contribution in [1.29, 1.82) is 5.26 Å². The van der Waals surface area contributed by atoms with Crippen LogP contribution in [0.4, 0.5) is 5.69 Å². The number of hydrogen-bond donors (Lipinski definition) is 1. The second-order valence-electron chi connectivity index (χ2n) is 5.97. The summed E-state index contributed by atoms with van der Waals surface area (Å²) in [6.45, 7) is 2.58. The van der Waals surface area contributed by atoms with Crippen LogP contribution in [0.1, 0.15) is 17.0 Å². The molecule has 0 spiro atoms. The van der Waals surface area contributed by atoms with E-state index in [2.05, 4.69) is 33.7 Å². The lowest BCUT2D eigenvalue weighted by Crippen LogP contribution is -2.15. The number of aryl methyl sites for hydroxylation is 1. The molecule has 0 bridgehead atoms. The van der Waals surface area contributed by atoms with Crippen LogP contribution in [0.2, 0.25) is 0 Å². The fraction of sp³-hybridized carbons (Fsp3) is 0.200. The Bertz CT molecular complexity index is 945. The first-order valence-electron chi connectivity index (χ1n) is 8.48. The molecule has 0 saturated heterocycles. The molecule has 136 valence electrons. The van der Waals surface area contributed by atoms with E-state index in [0.717, 1.165) is 22.1 Å². The van der Waals surface area contributed by atoms with Crippen molar-refractivity contribution in [2.45, 2.75) is 25.0 Å². The number of anilines is 1. The molecule has 1 heterocycles. The summed E-state index contributed by atoms with van der Waals surface area (Å²) < 4.78 is 2.00. The molecular formula is C20H19N5OS. The van der Waals surface area contributed by atoms with Gasteiger partial charge < -0.3 is 9.88 Å². The first kappa shape index (κ1) is 18.7. The van der Waals surface area contributed by atoms with Crippen LogP contribution >= 0.6 is 11.8 Å². The van der Waals surface area contributed by atoms with Crippen molar-refractivity contribution in [2.24, 2.45) is 0 Å². The molecule has 0 atom stereocenters. The summed E-state index contributed by atoms with van der Waals surface area (Å²) >= 11 is 1.36. The van der Waals surface area contributed by atoms with Gasteiger partial charge in [0.25, 0.3) is 0 Å². The maximum absolute atomic E-state index is 12.2. The molecule has 0 radical (unpaired) electrons. The van der Waals surface area contributed by atoms with Crippen LogP contribution in [0, 0.1) is 18.3 Å². The Kier molecular flexibility index (Phi) is 6.23. The monoisotopic (exact) mass is 377 g/mol. The molecule has 27 heavy (non-hydrogen) atoms. The highest BCUT2D eigenvalue weighted by molar-refractivity contribution is 7.99. The molecule has 2 aromatic carbocycles. The van der Waals surface area contributed by atoms with Crippen molar-refractivity contribution in [1.82, 2.24) is 14.8 Å². The van der Waals surface area contributed by atoms with Crippen LogP contribution in [-0.2, 0) is 17.8 Å². The normalized spacial score (nSPS) is 10.4. The van der Waals surface area contributed by atoms with Gasteiger partial charge in [0, 0.05) is 5.69 Å². The number of rotatable bonds is 7. The summed E-state index contributed by atoms with van der Waals surface area (Å²) in [5.74, 6) is 0.946. The van der Waals surface area contributed by atoms with Crippen LogP contribution in [-0.4, -0.2) is 26.4 Å². The number of aromatic nitrogens is 3. The summed E-state index contributed by atoms with van der Waals surface area (Å²) in [7, 11) is 0. The molecule has 3 aromatic rings. The molecule has 0 aliphatic carbocycles. The standard InChI is InChI=1S/C20H19N5OS/c1-15-23-24-20(25(15)13-17-5-3-2-4-6-17)27-14-19(26)22-18-9-7-16(8-10-18)11-12-21/h2-10H,11,13-14H2,1H3,(H,22,26). The van der Waals surface area contributed by atoms with Gasteiger partial charge in [-0.1, -0.05) is 54.2 Å². The number of carbonyl (C=O) groups excluding carboxylic acids is 1. The zero-order valence-electron chi connectivity index (χ0n) is 14.9. The molecule has 1 amide bonds. The van der Waals surface area contributed by atoms with Gasteiger partial charge in [0.15, 0.2) is 5.16 Å². The third-order valence-corrected chi connectivity index (χ3v) is 4.91. The molecule has 1 aromatic heterocycles. The zero-order chi connectivity index (χ0) is 19.1. The van der Waals surface area contributed by atoms with Crippen molar-refractivity contribution >= 4 is 23.4 Å². The van der Waals surface area contributed by atoms with Crippen LogP contribution < -0.4 is 5.32 Å². The lowest BCUT2D eigenvalue weighted by atomic mass is 10.1. The Morgan fingerprint density at radius 3 is 2.56 bits per heavy atom. The van der Waals surface area contributed by atoms with Crippen molar-refractivity contribution < 1.29 is 4.79 Å². The van der Waals surface area contributed by atoms with Gasteiger partial charge in [-0.05, 0) is 30.2 Å². The van der Waals surface area contributed by atoms with Gasteiger partial charge in [-0.15, -0.1) is 10.2 Å². The van der Waals surface area contributed by atoms with Crippen molar-refractivity contribution in [2.75, 3.05) is 11.1 Å². The van der Waals surface area contributed by atoms with Crippen molar-refractivity contribution in [3.63, 3.8) is 0 Å². The van der Waals surface area contributed by atoms with Gasteiger partial charge in [-0.25, -0.2) is 0 Å². The van der Waals surface area contributed by atoms with Crippen LogP contribution in [0.25, 0.3) is 0 Å². The summed E-state index contributed by atoms with van der Waals surface area (Å²) in [5.41, 5.74) is 2.79. The van der Waals surface area contributed by atoms with Crippen LogP contribution in [0.3, 0.4) is 0 Å². The van der Waals surface area contributed by atoms with Gasteiger partial charge >= 0.3 is 0 Å². The topological polar surface area (TPSA) is 83.6 Å². The molecule has 7 heteroatoms. The quantitative estimate of drug-likeness (QED) is 0.638. The van der Waals surface area contributed by atoms with Crippen LogP contribution in [0.5, 0.6) is 0 Å². The maximum Gasteiger partial charge on any atom is 0.234 e. The van der Waals surface area contributed by atoms with Gasteiger partial charge in [0.2, 0.25) is 5.91 Å². The molecule has 0 unspecified atom stereocenters. The van der Waals surface area contributed by atoms with Gasteiger partial charge in [-0.3, -0.25) is 4.79 Å². The minimum Gasteiger partial charge on any atom is -0.325 e. The number of nitrogens with one attached hydrogen (secondary N) is 1. The molecule has 0 fully saturated rings. The third kappa shape index (κ3) is 5.19. The van der Waals surface area contributed by atoms with E-state index in [0.29, 0.717) is 18.7 Å². The predicted octanol–water partition coefficient (Wildman–Crippen LogP) is 3.43. The smallest absolute Gasteiger partial charge is 0.234 e. The Balaban J connectivity index is 1.58. The predicted molar refractivity (Wildman–Crippen MR) is 105 cm³/mol. The second-order valence-corrected chi connectivity index (χ2v) is 6.91. The average Bonchev–Trinajstić information content (AvgIpc) is 3.02. The zero-order valence-corrected chi connectivity index (χ0v) is 15.7. The summed E-state index contributed by atoms with van der Waals surface area (Å²) in [6, 6.07) is 19.5. The largest absolute Gasteiger partial charge is 0.325 e. The van der Waals surface area contributed by atoms with E-state index in [4.69, 9.17) is 5.26 Å². The van der Waals surface area contributed by atoms with E-state index in [1.54, 1.807) is 12.1 Å². The maximum atomic E-state index is 12.2. The van der Waals surface area contributed by atoms with Gasteiger partial charge in [-0.2, -0.15) is 5.26 Å². The molecule has 0 aliphatic rings. The van der Waals surface area contributed by atoms with E-state index in [1.165, 1.54) is 11.8 Å². The van der Waals surface area contributed by atoms with Crippen molar-refractivity contribution in [3.05, 3.63) is 71.5 Å². The number of nitriles is 1. The number of thioether (sulfide) groups is 1. The highest BCUT2D eigenvalue weighted by atomic mass is 32.2. The van der Waals surface area contributed by atoms with E-state index in [9.17, 15) is 4.79 Å². The van der Waals surface area contributed by atoms with E-state index in [1.807, 2.05) is 41.8 Å². The Labute approximate surface area is 162 Å². The van der Waals surface area contributed by atoms with Gasteiger partial charge in [0.05, 0.1) is 24.8 Å².